The Balaban J connectivity index is 1.58. The van der Waals surface area contributed by atoms with Crippen molar-refractivity contribution in [1.29, 1.82) is 0 Å². The summed E-state index contributed by atoms with van der Waals surface area (Å²) >= 11 is 0. The Bertz CT molecular complexity index is 802. The molecule has 1 aliphatic carbocycles. The second-order valence-electron chi connectivity index (χ2n) is 9.91. The normalized spacial score (nSPS) is 21.0. The number of hydrazine groups is 1. The lowest BCUT2D eigenvalue weighted by Gasteiger charge is -2.33. The number of rotatable bonds is 14. The highest BCUT2D eigenvalue weighted by molar-refractivity contribution is 5.69. The number of allylic oxidation sites excluding steroid dienone is 2. The number of fused-ring (bicyclic) bond motifs is 1. The first-order valence-corrected chi connectivity index (χ1v) is 12.9. The fraction of sp³-hybridized carbons (Fsp3) is 0.586. The van der Waals surface area contributed by atoms with Crippen LogP contribution >= 0.6 is 0 Å². The number of unbranched alkanes of at least 4 members (excludes halogenated alkanes) is 1. The van der Waals surface area contributed by atoms with Crippen molar-refractivity contribution in [2.45, 2.75) is 77.3 Å². The third-order valence-electron chi connectivity index (χ3n) is 7.37. The molecule has 3 unspecified atom stereocenters. The van der Waals surface area contributed by atoms with Crippen molar-refractivity contribution in [3.8, 4) is 0 Å². The van der Waals surface area contributed by atoms with Gasteiger partial charge >= 0.3 is 0 Å². The van der Waals surface area contributed by atoms with Crippen LogP contribution < -0.4 is 10.7 Å². The molecule has 0 bridgehead atoms. The standard InChI is InChI=1S/C29H45N3O/c1-6-8-9-12-22(3)31-32-20-27-18-25(15-16-28(27)23(32)4)17-26-13-10-11-14-29(26)30-19-24(7-2)21-33-5/h6,15-16,18,24,26,29-31H,1,3-4,7-14,17,19-21H2,2,5H3. The highest BCUT2D eigenvalue weighted by Gasteiger charge is 2.27. The van der Waals surface area contributed by atoms with Gasteiger partial charge in [-0.2, -0.15) is 0 Å². The number of nitrogens with one attached hydrogen (secondary N) is 2. The molecule has 2 N–H and O–H groups in total. The van der Waals surface area contributed by atoms with Crippen molar-refractivity contribution in [1.82, 2.24) is 15.8 Å². The molecule has 3 atom stereocenters. The summed E-state index contributed by atoms with van der Waals surface area (Å²) in [5.74, 6) is 1.31. The fourth-order valence-corrected chi connectivity index (χ4v) is 5.31. The van der Waals surface area contributed by atoms with E-state index in [9.17, 15) is 0 Å². The molecule has 0 aromatic heterocycles. The van der Waals surface area contributed by atoms with E-state index in [1.165, 1.54) is 42.4 Å². The molecule has 4 nitrogen and oxygen atoms in total. The summed E-state index contributed by atoms with van der Waals surface area (Å²) < 4.78 is 5.40. The van der Waals surface area contributed by atoms with Crippen LogP contribution in [0, 0.1) is 11.8 Å². The van der Waals surface area contributed by atoms with Gasteiger partial charge in [0, 0.05) is 31.0 Å². The number of hydrogen-bond donors (Lipinski definition) is 2. The topological polar surface area (TPSA) is 36.5 Å². The van der Waals surface area contributed by atoms with Crippen LogP contribution in [0.1, 0.15) is 75.0 Å². The smallest absolute Gasteiger partial charge is 0.0651 e. The molecule has 3 rings (SSSR count). The summed E-state index contributed by atoms with van der Waals surface area (Å²) in [6, 6.07) is 7.61. The van der Waals surface area contributed by atoms with Crippen molar-refractivity contribution in [2.24, 2.45) is 11.8 Å². The minimum Gasteiger partial charge on any atom is -0.384 e. The van der Waals surface area contributed by atoms with Gasteiger partial charge in [0.1, 0.15) is 0 Å². The third kappa shape index (κ3) is 7.22. The Morgan fingerprint density at radius 1 is 1.30 bits per heavy atom. The third-order valence-corrected chi connectivity index (χ3v) is 7.37. The van der Waals surface area contributed by atoms with Gasteiger partial charge in [-0.25, -0.2) is 0 Å². The molecular formula is C29H45N3O. The first kappa shape index (κ1) is 25.6. The van der Waals surface area contributed by atoms with Crippen molar-refractivity contribution < 1.29 is 4.74 Å². The molecule has 1 aromatic rings. The van der Waals surface area contributed by atoms with E-state index in [1.807, 2.05) is 13.2 Å². The molecular weight excluding hydrogens is 406 g/mol. The van der Waals surface area contributed by atoms with Crippen molar-refractivity contribution in [3.63, 3.8) is 0 Å². The minimum absolute atomic E-state index is 0.605. The molecule has 0 saturated heterocycles. The zero-order chi connectivity index (χ0) is 23.6. The van der Waals surface area contributed by atoms with Crippen LogP contribution in [0.5, 0.6) is 0 Å². The molecule has 0 spiro atoms. The molecule has 2 aliphatic rings. The van der Waals surface area contributed by atoms with Gasteiger partial charge in [0.2, 0.25) is 0 Å². The number of ether oxygens (including phenoxy) is 1. The summed E-state index contributed by atoms with van der Waals surface area (Å²) in [6.07, 6.45) is 12.6. The van der Waals surface area contributed by atoms with Gasteiger partial charge in [0.15, 0.2) is 0 Å². The molecule has 0 radical (unpaired) electrons. The second kappa shape index (κ2) is 13.0. The maximum Gasteiger partial charge on any atom is 0.0651 e. The van der Waals surface area contributed by atoms with E-state index in [2.05, 4.69) is 60.6 Å². The van der Waals surface area contributed by atoms with Gasteiger partial charge in [0.25, 0.3) is 0 Å². The maximum absolute atomic E-state index is 5.40. The molecule has 0 amide bonds. The minimum atomic E-state index is 0.605. The number of benzene rings is 1. The van der Waals surface area contributed by atoms with Crippen molar-refractivity contribution in [3.05, 3.63) is 66.4 Å². The Morgan fingerprint density at radius 3 is 2.88 bits per heavy atom. The maximum atomic E-state index is 5.40. The summed E-state index contributed by atoms with van der Waals surface area (Å²) in [6.45, 7) is 17.4. The number of hydrogen-bond acceptors (Lipinski definition) is 4. The van der Waals surface area contributed by atoms with Gasteiger partial charge in [-0.15, -0.1) is 6.58 Å². The highest BCUT2D eigenvalue weighted by atomic mass is 16.5. The zero-order valence-corrected chi connectivity index (χ0v) is 21.0. The monoisotopic (exact) mass is 451 g/mol. The van der Waals surface area contributed by atoms with Gasteiger partial charge in [-0.05, 0) is 67.9 Å². The molecule has 1 fully saturated rings. The van der Waals surface area contributed by atoms with Crippen LogP contribution in [0.15, 0.2) is 49.7 Å². The van der Waals surface area contributed by atoms with Crippen molar-refractivity contribution >= 4 is 5.70 Å². The molecule has 33 heavy (non-hydrogen) atoms. The predicted octanol–water partition coefficient (Wildman–Crippen LogP) is 6.21. The van der Waals surface area contributed by atoms with E-state index in [4.69, 9.17) is 4.74 Å². The Kier molecular flexibility index (Phi) is 10.1. The zero-order valence-electron chi connectivity index (χ0n) is 21.0. The average molecular weight is 452 g/mol. The Labute approximate surface area is 202 Å². The van der Waals surface area contributed by atoms with Crippen LogP contribution in [-0.2, 0) is 17.7 Å². The van der Waals surface area contributed by atoms with Crippen LogP contribution in [0.25, 0.3) is 5.70 Å². The van der Waals surface area contributed by atoms with Crippen LogP contribution in [-0.4, -0.2) is 31.3 Å². The number of methoxy groups -OCH3 is 1. The van der Waals surface area contributed by atoms with Crippen LogP contribution in [0.4, 0.5) is 0 Å². The molecule has 4 heteroatoms. The largest absolute Gasteiger partial charge is 0.384 e. The van der Waals surface area contributed by atoms with E-state index in [-0.39, 0.29) is 0 Å². The van der Waals surface area contributed by atoms with Gasteiger partial charge in [-0.3, -0.25) is 5.01 Å². The molecule has 1 aromatic carbocycles. The van der Waals surface area contributed by atoms with E-state index in [0.29, 0.717) is 17.9 Å². The lowest BCUT2D eigenvalue weighted by Crippen LogP contribution is -2.42. The Morgan fingerprint density at radius 2 is 2.12 bits per heavy atom. The summed E-state index contributed by atoms with van der Waals surface area (Å²) in [5.41, 5.74) is 9.64. The SMILES string of the molecule is C=CCCCC(=C)NN1Cc2cc(CC3CCCCC3NCC(CC)COC)ccc2C1=C. The molecule has 1 aliphatic heterocycles. The second-order valence-corrected chi connectivity index (χ2v) is 9.91. The lowest BCUT2D eigenvalue weighted by atomic mass is 9.80. The molecule has 1 heterocycles. The highest BCUT2D eigenvalue weighted by Crippen LogP contribution is 2.33. The average Bonchev–Trinajstić information content (AvgIpc) is 3.12. The quantitative estimate of drug-likeness (QED) is 0.260. The van der Waals surface area contributed by atoms with E-state index >= 15 is 0 Å². The van der Waals surface area contributed by atoms with Crippen LogP contribution in [0.2, 0.25) is 0 Å². The van der Waals surface area contributed by atoms with Crippen molar-refractivity contribution in [2.75, 3.05) is 20.3 Å². The predicted molar refractivity (Wildman–Crippen MR) is 140 cm³/mol. The molecule has 1 saturated carbocycles. The van der Waals surface area contributed by atoms with Gasteiger partial charge < -0.3 is 15.5 Å². The number of nitrogens with zero attached hydrogens (tertiary/aromatic N) is 1. The van der Waals surface area contributed by atoms with E-state index in [0.717, 1.165) is 63.2 Å². The first-order valence-electron chi connectivity index (χ1n) is 12.9. The lowest BCUT2D eigenvalue weighted by molar-refractivity contribution is 0.141. The van der Waals surface area contributed by atoms with E-state index in [1.54, 1.807) is 0 Å². The Hall–Kier alpha value is -2.04. The van der Waals surface area contributed by atoms with E-state index < -0.39 is 0 Å². The summed E-state index contributed by atoms with van der Waals surface area (Å²) in [4.78, 5) is 0. The van der Waals surface area contributed by atoms with Gasteiger partial charge in [0.05, 0.1) is 18.8 Å². The molecule has 182 valence electrons. The van der Waals surface area contributed by atoms with Gasteiger partial charge in [-0.1, -0.05) is 57.2 Å². The summed E-state index contributed by atoms with van der Waals surface area (Å²) in [7, 11) is 1.81. The van der Waals surface area contributed by atoms with Crippen LogP contribution in [0.3, 0.4) is 0 Å². The summed E-state index contributed by atoms with van der Waals surface area (Å²) in [5, 5.41) is 6.06. The fourth-order valence-electron chi connectivity index (χ4n) is 5.31. The first-order chi connectivity index (χ1) is 16.0.